The molecule has 7 heteroatoms. The van der Waals surface area contributed by atoms with Crippen molar-refractivity contribution < 1.29 is 13.2 Å². The second kappa shape index (κ2) is 5.16. The minimum Gasteiger partial charge on any atom is -0.230 e. The van der Waals surface area contributed by atoms with Crippen LogP contribution in [-0.4, -0.2) is 9.97 Å². The highest BCUT2D eigenvalue weighted by molar-refractivity contribution is 7.99. The molecule has 0 radical (unpaired) electrons. The SMILES string of the molecule is FC(F)(F)c1cnc(Sc2ccccc2Cl)nc1. The Balaban J connectivity index is 2.19. The van der Waals surface area contributed by atoms with Gasteiger partial charge in [0, 0.05) is 17.3 Å². The van der Waals surface area contributed by atoms with Crippen molar-refractivity contribution in [1.82, 2.24) is 9.97 Å². The second-order valence-electron chi connectivity index (χ2n) is 3.28. The zero-order valence-corrected chi connectivity index (χ0v) is 10.4. The van der Waals surface area contributed by atoms with Crippen LogP contribution in [0.1, 0.15) is 5.56 Å². The Morgan fingerprint density at radius 1 is 1.06 bits per heavy atom. The molecule has 1 aromatic heterocycles. The van der Waals surface area contributed by atoms with Gasteiger partial charge in [0.05, 0.1) is 10.6 Å². The van der Waals surface area contributed by atoms with Crippen LogP contribution in [0.3, 0.4) is 0 Å². The van der Waals surface area contributed by atoms with Crippen LogP contribution in [0.15, 0.2) is 46.7 Å². The number of nitrogens with zero attached hydrogens (tertiary/aromatic N) is 2. The summed E-state index contributed by atoms with van der Waals surface area (Å²) in [5.41, 5.74) is -0.869. The highest BCUT2D eigenvalue weighted by atomic mass is 35.5. The summed E-state index contributed by atoms with van der Waals surface area (Å²) in [5, 5.41) is 0.724. The lowest BCUT2D eigenvalue weighted by Gasteiger charge is -2.06. The first-order valence-electron chi connectivity index (χ1n) is 4.78. The van der Waals surface area contributed by atoms with Crippen LogP contribution in [0.4, 0.5) is 13.2 Å². The van der Waals surface area contributed by atoms with Crippen LogP contribution >= 0.6 is 23.4 Å². The van der Waals surface area contributed by atoms with E-state index in [1.807, 2.05) is 0 Å². The quantitative estimate of drug-likeness (QED) is 0.771. The minimum atomic E-state index is -4.42. The normalized spacial score (nSPS) is 11.6. The van der Waals surface area contributed by atoms with Gasteiger partial charge in [-0.05, 0) is 23.9 Å². The van der Waals surface area contributed by atoms with Crippen LogP contribution in [0.2, 0.25) is 5.02 Å². The number of alkyl halides is 3. The predicted molar refractivity (Wildman–Crippen MR) is 62.6 cm³/mol. The maximum atomic E-state index is 12.3. The Kier molecular flexibility index (Phi) is 3.77. The molecule has 94 valence electrons. The van der Waals surface area contributed by atoms with E-state index in [4.69, 9.17) is 11.6 Å². The number of benzene rings is 1. The third-order valence-electron chi connectivity index (χ3n) is 1.99. The van der Waals surface area contributed by atoms with E-state index in [-0.39, 0.29) is 5.16 Å². The first-order chi connectivity index (χ1) is 8.47. The summed E-state index contributed by atoms with van der Waals surface area (Å²) in [7, 11) is 0. The third kappa shape index (κ3) is 3.14. The van der Waals surface area contributed by atoms with Crippen LogP contribution in [-0.2, 0) is 6.18 Å². The van der Waals surface area contributed by atoms with E-state index in [1.165, 1.54) is 0 Å². The molecule has 0 amide bonds. The van der Waals surface area contributed by atoms with Crippen molar-refractivity contribution in [3.8, 4) is 0 Å². The van der Waals surface area contributed by atoms with Crippen molar-refractivity contribution in [2.45, 2.75) is 16.2 Å². The van der Waals surface area contributed by atoms with Crippen LogP contribution in [0.5, 0.6) is 0 Å². The molecule has 0 atom stereocenters. The third-order valence-corrected chi connectivity index (χ3v) is 3.40. The van der Waals surface area contributed by atoms with E-state index in [9.17, 15) is 13.2 Å². The van der Waals surface area contributed by atoms with Crippen molar-refractivity contribution in [1.29, 1.82) is 0 Å². The Hall–Kier alpha value is -1.27. The molecule has 18 heavy (non-hydrogen) atoms. The molecule has 1 aromatic carbocycles. The van der Waals surface area contributed by atoms with Gasteiger partial charge in [0.25, 0.3) is 0 Å². The summed E-state index contributed by atoms with van der Waals surface area (Å²) in [6.45, 7) is 0. The molecule has 1 heterocycles. The van der Waals surface area contributed by atoms with Gasteiger partial charge in [-0.15, -0.1) is 0 Å². The van der Waals surface area contributed by atoms with Crippen molar-refractivity contribution >= 4 is 23.4 Å². The predicted octanol–water partition coefficient (Wildman–Crippen LogP) is 4.30. The van der Waals surface area contributed by atoms with E-state index in [1.54, 1.807) is 24.3 Å². The molecular weight excluding hydrogens is 285 g/mol. The molecular formula is C11H6ClF3N2S. The fourth-order valence-electron chi connectivity index (χ4n) is 1.14. The van der Waals surface area contributed by atoms with E-state index in [2.05, 4.69) is 9.97 Å². The van der Waals surface area contributed by atoms with Crippen LogP contribution in [0.25, 0.3) is 0 Å². The molecule has 0 spiro atoms. The maximum Gasteiger partial charge on any atom is 0.419 e. The zero-order valence-electron chi connectivity index (χ0n) is 8.78. The average molecular weight is 291 g/mol. The van der Waals surface area contributed by atoms with E-state index in [0.29, 0.717) is 9.92 Å². The smallest absolute Gasteiger partial charge is 0.230 e. The molecule has 0 saturated carbocycles. The molecule has 0 aliphatic rings. The fraction of sp³-hybridized carbons (Fsp3) is 0.0909. The lowest BCUT2D eigenvalue weighted by molar-refractivity contribution is -0.138. The lowest BCUT2D eigenvalue weighted by Crippen LogP contribution is -2.06. The second-order valence-corrected chi connectivity index (χ2v) is 4.70. The lowest BCUT2D eigenvalue weighted by atomic mass is 10.3. The van der Waals surface area contributed by atoms with Crippen LogP contribution in [0, 0.1) is 0 Å². The van der Waals surface area contributed by atoms with Crippen LogP contribution < -0.4 is 0 Å². The standard InChI is InChI=1S/C11H6ClF3N2S/c12-8-3-1-2-4-9(8)18-10-16-5-7(6-17-10)11(13,14)15/h1-6H. The van der Waals surface area contributed by atoms with Gasteiger partial charge in [-0.25, -0.2) is 9.97 Å². The Morgan fingerprint density at radius 2 is 1.67 bits per heavy atom. The van der Waals surface area contributed by atoms with Crippen molar-refractivity contribution in [3.05, 3.63) is 47.2 Å². The first-order valence-corrected chi connectivity index (χ1v) is 5.98. The molecule has 2 nitrogen and oxygen atoms in total. The zero-order chi connectivity index (χ0) is 13.2. The summed E-state index contributed by atoms with van der Waals surface area (Å²) < 4.78 is 36.9. The molecule has 0 bridgehead atoms. The molecule has 2 aromatic rings. The summed E-state index contributed by atoms with van der Waals surface area (Å²) in [5.74, 6) is 0. The van der Waals surface area contributed by atoms with Gasteiger partial charge in [-0.1, -0.05) is 23.7 Å². The summed E-state index contributed by atoms with van der Waals surface area (Å²) >= 11 is 7.03. The molecule has 0 fully saturated rings. The molecule has 0 aliphatic heterocycles. The number of hydrogen-bond acceptors (Lipinski definition) is 3. The molecule has 0 saturated heterocycles. The van der Waals surface area contributed by atoms with E-state index >= 15 is 0 Å². The number of hydrogen-bond donors (Lipinski definition) is 0. The monoisotopic (exact) mass is 290 g/mol. The largest absolute Gasteiger partial charge is 0.419 e. The van der Waals surface area contributed by atoms with Gasteiger partial charge in [-0.2, -0.15) is 13.2 Å². The summed E-state index contributed by atoms with van der Waals surface area (Å²) in [6.07, 6.45) is -2.91. The molecule has 0 N–H and O–H groups in total. The van der Waals surface area contributed by atoms with E-state index < -0.39 is 11.7 Å². The molecule has 2 rings (SSSR count). The highest BCUT2D eigenvalue weighted by Gasteiger charge is 2.31. The highest BCUT2D eigenvalue weighted by Crippen LogP contribution is 2.32. The van der Waals surface area contributed by atoms with Gasteiger partial charge in [0.15, 0.2) is 5.16 Å². The van der Waals surface area contributed by atoms with Gasteiger partial charge in [0.1, 0.15) is 0 Å². The minimum absolute atomic E-state index is 0.219. The number of halogens is 4. The van der Waals surface area contributed by atoms with Gasteiger partial charge < -0.3 is 0 Å². The number of aromatic nitrogens is 2. The topological polar surface area (TPSA) is 25.8 Å². The van der Waals surface area contributed by atoms with Crippen molar-refractivity contribution in [2.75, 3.05) is 0 Å². The molecule has 0 aliphatic carbocycles. The maximum absolute atomic E-state index is 12.3. The number of rotatable bonds is 2. The van der Waals surface area contributed by atoms with E-state index in [0.717, 1.165) is 24.2 Å². The first kappa shape index (κ1) is 13.2. The Morgan fingerprint density at radius 3 is 2.22 bits per heavy atom. The summed E-state index contributed by atoms with van der Waals surface area (Å²) in [6, 6.07) is 6.97. The fourth-order valence-corrected chi connectivity index (χ4v) is 2.11. The average Bonchev–Trinajstić information content (AvgIpc) is 2.32. The van der Waals surface area contributed by atoms with Crippen molar-refractivity contribution in [2.24, 2.45) is 0 Å². The van der Waals surface area contributed by atoms with Gasteiger partial charge in [-0.3, -0.25) is 0 Å². The van der Waals surface area contributed by atoms with Crippen molar-refractivity contribution in [3.63, 3.8) is 0 Å². The molecule has 0 unspecified atom stereocenters. The summed E-state index contributed by atoms with van der Waals surface area (Å²) in [4.78, 5) is 8.00. The Bertz CT molecular complexity index is 543. The van der Waals surface area contributed by atoms with Gasteiger partial charge >= 0.3 is 6.18 Å². The van der Waals surface area contributed by atoms with Gasteiger partial charge in [0.2, 0.25) is 0 Å². The Labute approximate surface area is 110 Å².